The SMILES string of the molecule is CCc1ccc(N(C)c2ccc(C(=N)N)c(C)c2)cc1. The van der Waals surface area contributed by atoms with E-state index in [9.17, 15) is 0 Å². The van der Waals surface area contributed by atoms with Crippen LogP contribution in [0.1, 0.15) is 23.6 Å². The fourth-order valence-electron chi connectivity index (χ4n) is 2.26. The van der Waals surface area contributed by atoms with Gasteiger partial charge in [-0.3, -0.25) is 5.41 Å². The molecule has 0 fully saturated rings. The van der Waals surface area contributed by atoms with Gasteiger partial charge in [-0.05, 0) is 54.8 Å². The largest absolute Gasteiger partial charge is 0.384 e. The lowest BCUT2D eigenvalue weighted by Crippen LogP contribution is -2.14. The second kappa shape index (κ2) is 5.78. The van der Waals surface area contributed by atoms with Crippen molar-refractivity contribution in [3.8, 4) is 0 Å². The third-order valence-corrected chi connectivity index (χ3v) is 3.62. The van der Waals surface area contributed by atoms with Crippen molar-refractivity contribution in [1.82, 2.24) is 0 Å². The molecule has 0 aliphatic rings. The highest BCUT2D eigenvalue weighted by atomic mass is 15.1. The van der Waals surface area contributed by atoms with Crippen LogP contribution in [0.3, 0.4) is 0 Å². The molecule has 0 heterocycles. The number of nitrogens with two attached hydrogens (primary N) is 1. The topological polar surface area (TPSA) is 53.1 Å². The molecule has 0 unspecified atom stereocenters. The Morgan fingerprint density at radius 1 is 1.10 bits per heavy atom. The fraction of sp³-hybridized carbons (Fsp3) is 0.235. The van der Waals surface area contributed by atoms with Gasteiger partial charge in [-0.1, -0.05) is 19.1 Å². The summed E-state index contributed by atoms with van der Waals surface area (Å²) in [5, 5.41) is 7.53. The molecule has 0 radical (unpaired) electrons. The molecule has 3 nitrogen and oxygen atoms in total. The summed E-state index contributed by atoms with van der Waals surface area (Å²) in [6.45, 7) is 4.14. The van der Waals surface area contributed by atoms with Gasteiger partial charge in [0.2, 0.25) is 0 Å². The summed E-state index contributed by atoms with van der Waals surface area (Å²) in [7, 11) is 2.04. The van der Waals surface area contributed by atoms with Crippen molar-refractivity contribution in [1.29, 1.82) is 5.41 Å². The number of anilines is 2. The van der Waals surface area contributed by atoms with E-state index in [0.29, 0.717) is 0 Å². The van der Waals surface area contributed by atoms with E-state index in [1.54, 1.807) is 0 Å². The number of rotatable bonds is 4. The van der Waals surface area contributed by atoms with Crippen LogP contribution in [0, 0.1) is 12.3 Å². The van der Waals surface area contributed by atoms with Crippen molar-refractivity contribution < 1.29 is 0 Å². The molecule has 3 heteroatoms. The van der Waals surface area contributed by atoms with Gasteiger partial charge in [-0.15, -0.1) is 0 Å². The third-order valence-electron chi connectivity index (χ3n) is 3.62. The lowest BCUT2D eigenvalue weighted by molar-refractivity contribution is 1.13. The average Bonchev–Trinajstić information content (AvgIpc) is 2.46. The Hall–Kier alpha value is -2.29. The Kier molecular flexibility index (Phi) is 4.08. The summed E-state index contributed by atoms with van der Waals surface area (Å²) in [4.78, 5) is 2.14. The second-order valence-corrected chi connectivity index (χ2v) is 4.99. The van der Waals surface area contributed by atoms with E-state index in [-0.39, 0.29) is 5.84 Å². The quantitative estimate of drug-likeness (QED) is 0.656. The van der Waals surface area contributed by atoms with Crippen LogP contribution in [0.15, 0.2) is 42.5 Å². The van der Waals surface area contributed by atoms with Crippen LogP contribution in [-0.2, 0) is 6.42 Å². The molecule has 0 aromatic heterocycles. The Morgan fingerprint density at radius 2 is 1.70 bits per heavy atom. The van der Waals surface area contributed by atoms with Crippen molar-refractivity contribution in [2.45, 2.75) is 20.3 Å². The summed E-state index contributed by atoms with van der Waals surface area (Å²) < 4.78 is 0. The minimum atomic E-state index is 0.115. The molecule has 0 bridgehead atoms. The number of nitrogens with one attached hydrogen (secondary N) is 1. The number of nitrogen functional groups attached to an aromatic ring is 1. The van der Waals surface area contributed by atoms with Crippen LogP contribution in [0.25, 0.3) is 0 Å². The van der Waals surface area contributed by atoms with Crippen molar-refractivity contribution in [2.75, 3.05) is 11.9 Å². The van der Waals surface area contributed by atoms with Crippen molar-refractivity contribution in [3.63, 3.8) is 0 Å². The van der Waals surface area contributed by atoms with Gasteiger partial charge in [0.1, 0.15) is 5.84 Å². The van der Waals surface area contributed by atoms with Gasteiger partial charge in [0.25, 0.3) is 0 Å². The first kappa shape index (κ1) is 14.1. The number of hydrogen-bond donors (Lipinski definition) is 2. The summed E-state index contributed by atoms with van der Waals surface area (Å²) in [5.74, 6) is 0.115. The molecule has 2 rings (SSSR count). The molecule has 0 aliphatic carbocycles. The highest BCUT2D eigenvalue weighted by molar-refractivity contribution is 5.96. The second-order valence-electron chi connectivity index (χ2n) is 4.99. The Labute approximate surface area is 120 Å². The molecule has 20 heavy (non-hydrogen) atoms. The standard InChI is InChI=1S/C17H21N3/c1-4-13-5-7-14(8-6-13)20(3)15-9-10-16(17(18)19)12(2)11-15/h5-11H,4H2,1-3H3,(H3,18,19). The zero-order chi connectivity index (χ0) is 14.7. The number of hydrogen-bond acceptors (Lipinski definition) is 2. The number of amidine groups is 1. The minimum Gasteiger partial charge on any atom is -0.384 e. The van der Waals surface area contributed by atoms with Crippen LogP contribution in [0.4, 0.5) is 11.4 Å². The zero-order valence-corrected chi connectivity index (χ0v) is 12.3. The first-order chi connectivity index (χ1) is 9.52. The lowest BCUT2D eigenvalue weighted by atomic mass is 10.1. The van der Waals surface area contributed by atoms with Crippen molar-refractivity contribution >= 4 is 17.2 Å². The van der Waals surface area contributed by atoms with Crippen molar-refractivity contribution in [3.05, 3.63) is 59.2 Å². The van der Waals surface area contributed by atoms with E-state index >= 15 is 0 Å². The number of aryl methyl sites for hydroxylation is 2. The number of benzene rings is 2. The molecule has 0 spiro atoms. The van der Waals surface area contributed by atoms with Gasteiger partial charge in [-0.2, -0.15) is 0 Å². The maximum atomic E-state index is 7.53. The van der Waals surface area contributed by atoms with Gasteiger partial charge in [-0.25, -0.2) is 0 Å². The Bertz CT molecular complexity index is 615. The van der Waals surface area contributed by atoms with Gasteiger partial charge in [0.15, 0.2) is 0 Å². The van der Waals surface area contributed by atoms with E-state index in [1.807, 2.05) is 26.1 Å². The normalized spacial score (nSPS) is 10.3. The van der Waals surface area contributed by atoms with Crippen LogP contribution in [0.2, 0.25) is 0 Å². The fourth-order valence-corrected chi connectivity index (χ4v) is 2.26. The lowest BCUT2D eigenvalue weighted by Gasteiger charge is -2.21. The molecular formula is C17H21N3. The highest BCUT2D eigenvalue weighted by Gasteiger charge is 2.07. The molecule has 0 atom stereocenters. The Morgan fingerprint density at radius 3 is 2.20 bits per heavy atom. The third kappa shape index (κ3) is 2.82. The monoisotopic (exact) mass is 267 g/mol. The summed E-state index contributed by atoms with van der Waals surface area (Å²) >= 11 is 0. The summed E-state index contributed by atoms with van der Waals surface area (Å²) in [6.07, 6.45) is 1.05. The smallest absolute Gasteiger partial charge is 0.123 e. The molecule has 2 aromatic carbocycles. The minimum absolute atomic E-state index is 0.115. The molecule has 104 valence electrons. The van der Waals surface area contributed by atoms with Gasteiger partial charge in [0, 0.05) is 24.0 Å². The average molecular weight is 267 g/mol. The zero-order valence-electron chi connectivity index (χ0n) is 12.3. The summed E-state index contributed by atoms with van der Waals surface area (Å²) in [5.41, 5.74) is 11.0. The van der Waals surface area contributed by atoms with Crippen LogP contribution in [0.5, 0.6) is 0 Å². The van der Waals surface area contributed by atoms with E-state index in [0.717, 1.165) is 28.9 Å². The maximum Gasteiger partial charge on any atom is 0.123 e. The van der Waals surface area contributed by atoms with Crippen LogP contribution >= 0.6 is 0 Å². The van der Waals surface area contributed by atoms with Crippen LogP contribution in [-0.4, -0.2) is 12.9 Å². The highest BCUT2D eigenvalue weighted by Crippen LogP contribution is 2.25. The molecular weight excluding hydrogens is 246 g/mol. The number of nitrogens with zero attached hydrogens (tertiary/aromatic N) is 1. The molecule has 0 saturated carbocycles. The van der Waals surface area contributed by atoms with E-state index in [4.69, 9.17) is 11.1 Å². The molecule has 0 saturated heterocycles. The Balaban J connectivity index is 2.30. The van der Waals surface area contributed by atoms with Crippen molar-refractivity contribution in [2.24, 2.45) is 5.73 Å². The van der Waals surface area contributed by atoms with Gasteiger partial charge >= 0.3 is 0 Å². The summed E-state index contributed by atoms with van der Waals surface area (Å²) in [6, 6.07) is 14.5. The molecule has 3 N–H and O–H groups in total. The predicted molar refractivity (Wildman–Crippen MR) is 86.1 cm³/mol. The van der Waals surface area contributed by atoms with Gasteiger partial charge in [0.05, 0.1) is 0 Å². The maximum absolute atomic E-state index is 7.53. The molecule has 0 amide bonds. The van der Waals surface area contributed by atoms with E-state index < -0.39 is 0 Å². The van der Waals surface area contributed by atoms with E-state index in [2.05, 4.69) is 42.2 Å². The predicted octanol–water partition coefficient (Wildman–Crippen LogP) is 3.61. The molecule has 0 aliphatic heterocycles. The molecule has 2 aromatic rings. The van der Waals surface area contributed by atoms with E-state index in [1.165, 1.54) is 5.56 Å². The van der Waals surface area contributed by atoms with Gasteiger partial charge < -0.3 is 10.6 Å². The first-order valence-corrected chi connectivity index (χ1v) is 6.80. The van der Waals surface area contributed by atoms with Crippen LogP contribution < -0.4 is 10.6 Å². The first-order valence-electron chi connectivity index (χ1n) is 6.80.